The van der Waals surface area contributed by atoms with Gasteiger partial charge in [0.05, 0.1) is 37.6 Å². The normalized spacial score (nSPS) is 10.0. The lowest BCUT2D eigenvalue weighted by Crippen LogP contribution is -2.34. The largest absolute Gasteiger partial charge is 0.497 e. The Labute approximate surface area is 166 Å². The van der Waals surface area contributed by atoms with Crippen LogP contribution in [0.2, 0.25) is 10.0 Å². The molecular weight excluding hydrogens is 399 g/mol. The zero-order chi connectivity index (χ0) is 19.3. The van der Waals surface area contributed by atoms with E-state index in [1.807, 2.05) is 0 Å². The summed E-state index contributed by atoms with van der Waals surface area (Å²) in [5.74, 6) is 0.817. The molecule has 0 unspecified atom stereocenters. The number of ether oxygens (including phenoxy) is 3. The number of anilines is 1. The van der Waals surface area contributed by atoms with E-state index in [4.69, 9.17) is 49.6 Å². The minimum absolute atomic E-state index is 0.0553. The van der Waals surface area contributed by atoms with E-state index in [0.29, 0.717) is 22.2 Å². The number of carbonyl (C=O) groups excluding carboxylic acids is 1. The average Bonchev–Trinajstić information content (AvgIpc) is 2.60. The third-order valence-electron chi connectivity index (χ3n) is 3.34. The Morgan fingerprint density at radius 3 is 2.38 bits per heavy atom. The van der Waals surface area contributed by atoms with E-state index in [2.05, 4.69) is 10.6 Å². The van der Waals surface area contributed by atoms with Gasteiger partial charge in [-0.3, -0.25) is 10.1 Å². The maximum Gasteiger partial charge on any atom is 0.261 e. The first-order valence-corrected chi connectivity index (χ1v) is 8.43. The van der Waals surface area contributed by atoms with E-state index in [9.17, 15) is 4.79 Å². The van der Waals surface area contributed by atoms with Crippen LogP contribution in [0.15, 0.2) is 30.3 Å². The summed E-state index contributed by atoms with van der Waals surface area (Å²) in [5, 5.41) is 6.02. The van der Waals surface area contributed by atoms with Gasteiger partial charge in [0.1, 0.15) is 17.2 Å². The zero-order valence-corrected chi connectivity index (χ0v) is 16.5. The molecule has 0 fully saturated rings. The molecule has 0 heterocycles. The molecular formula is C17H16Cl2N2O4S. The van der Waals surface area contributed by atoms with E-state index in [0.717, 1.165) is 0 Å². The molecule has 0 saturated carbocycles. The molecule has 0 radical (unpaired) electrons. The van der Waals surface area contributed by atoms with Gasteiger partial charge in [0.25, 0.3) is 5.91 Å². The van der Waals surface area contributed by atoms with Gasteiger partial charge < -0.3 is 19.5 Å². The Morgan fingerprint density at radius 1 is 1.04 bits per heavy atom. The van der Waals surface area contributed by atoms with Gasteiger partial charge in [0.15, 0.2) is 5.11 Å². The van der Waals surface area contributed by atoms with Crippen molar-refractivity contribution in [3.63, 3.8) is 0 Å². The van der Waals surface area contributed by atoms with Crippen molar-refractivity contribution in [1.82, 2.24) is 5.32 Å². The third kappa shape index (κ3) is 4.69. The van der Waals surface area contributed by atoms with Crippen LogP contribution in [0.1, 0.15) is 10.4 Å². The fraction of sp³-hybridized carbons (Fsp3) is 0.176. The topological polar surface area (TPSA) is 68.8 Å². The molecule has 2 aromatic rings. The molecule has 0 aliphatic rings. The van der Waals surface area contributed by atoms with Gasteiger partial charge in [-0.2, -0.15) is 0 Å². The number of rotatable bonds is 5. The highest BCUT2D eigenvalue weighted by atomic mass is 35.5. The molecule has 1 amide bonds. The van der Waals surface area contributed by atoms with Crippen molar-refractivity contribution >= 4 is 52.1 Å². The summed E-state index contributed by atoms with van der Waals surface area (Å²) in [6.07, 6.45) is 0. The molecule has 26 heavy (non-hydrogen) atoms. The first-order valence-electron chi connectivity index (χ1n) is 7.27. The number of hydrogen-bond donors (Lipinski definition) is 2. The van der Waals surface area contributed by atoms with Gasteiger partial charge in [-0.25, -0.2) is 0 Å². The summed E-state index contributed by atoms with van der Waals surface area (Å²) in [6, 6.07) is 8.07. The van der Waals surface area contributed by atoms with Gasteiger partial charge in [-0.15, -0.1) is 0 Å². The number of halogens is 2. The van der Waals surface area contributed by atoms with Crippen molar-refractivity contribution in [1.29, 1.82) is 0 Å². The lowest BCUT2D eigenvalue weighted by atomic mass is 10.2. The van der Waals surface area contributed by atoms with Gasteiger partial charge in [-0.1, -0.05) is 23.2 Å². The Hall–Kier alpha value is -2.22. The number of nitrogens with one attached hydrogen (secondary N) is 2. The maximum absolute atomic E-state index is 12.5. The van der Waals surface area contributed by atoms with Crippen molar-refractivity contribution in [3.05, 3.63) is 45.9 Å². The Bertz CT molecular complexity index is 846. The molecule has 2 N–H and O–H groups in total. The lowest BCUT2D eigenvalue weighted by Gasteiger charge is -2.15. The highest BCUT2D eigenvalue weighted by Crippen LogP contribution is 2.32. The Balaban J connectivity index is 2.20. The highest BCUT2D eigenvalue weighted by Gasteiger charge is 2.18. The van der Waals surface area contributed by atoms with Crippen LogP contribution in [-0.2, 0) is 0 Å². The summed E-state index contributed by atoms with van der Waals surface area (Å²) in [4.78, 5) is 12.5. The van der Waals surface area contributed by atoms with Crippen molar-refractivity contribution in [3.8, 4) is 17.2 Å². The second-order valence-electron chi connectivity index (χ2n) is 4.94. The van der Waals surface area contributed by atoms with Crippen LogP contribution in [-0.4, -0.2) is 32.3 Å². The Morgan fingerprint density at radius 2 is 1.77 bits per heavy atom. The molecule has 0 saturated heterocycles. The molecule has 0 aliphatic heterocycles. The summed E-state index contributed by atoms with van der Waals surface area (Å²) in [6.45, 7) is 0. The van der Waals surface area contributed by atoms with Gasteiger partial charge >= 0.3 is 0 Å². The van der Waals surface area contributed by atoms with Crippen LogP contribution in [0.25, 0.3) is 0 Å². The monoisotopic (exact) mass is 414 g/mol. The van der Waals surface area contributed by atoms with E-state index in [1.54, 1.807) is 25.3 Å². The molecule has 0 spiro atoms. The highest BCUT2D eigenvalue weighted by molar-refractivity contribution is 7.80. The quantitative estimate of drug-likeness (QED) is 0.716. The van der Waals surface area contributed by atoms with Gasteiger partial charge in [0, 0.05) is 11.1 Å². The zero-order valence-electron chi connectivity index (χ0n) is 14.2. The van der Waals surface area contributed by atoms with Crippen LogP contribution in [0.3, 0.4) is 0 Å². The van der Waals surface area contributed by atoms with E-state index in [-0.39, 0.29) is 21.4 Å². The van der Waals surface area contributed by atoms with E-state index in [1.165, 1.54) is 26.4 Å². The SMILES string of the molecule is COc1ccc(OC)c(NC(=S)NC(=O)c2cc(Cl)cc(Cl)c2OC)c1. The second-order valence-corrected chi connectivity index (χ2v) is 6.19. The van der Waals surface area contributed by atoms with E-state index < -0.39 is 5.91 Å². The van der Waals surface area contributed by atoms with Gasteiger partial charge in [-0.05, 0) is 36.5 Å². The molecule has 6 nitrogen and oxygen atoms in total. The van der Waals surface area contributed by atoms with Crippen molar-refractivity contribution < 1.29 is 19.0 Å². The minimum Gasteiger partial charge on any atom is -0.497 e. The molecule has 0 bridgehead atoms. The predicted molar refractivity (Wildman–Crippen MR) is 106 cm³/mol. The average molecular weight is 415 g/mol. The maximum atomic E-state index is 12.5. The molecule has 0 aromatic heterocycles. The van der Waals surface area contributed by atoms with Crippen LogP contribution >= 0.6 is 35.4 Å². The first-order chi connectivity index (χ1) is 12.4. The summed E-state index contributed by atoms with van der Waals surface area (Å²) >= 11 is 17.2. The second kappa shape index (κ2) is 8.93. The van der Waals surface area contributed by atoms with Crippen LogP contribution in [0.4, 0.5) is 5.69 Å². The fourth-order valence-corrected chi connectivity index (χ4v) is 2.95. The molecule has 2 aromatic carbocycles. The molecule has 0 atom stereocenters. The van der Waals surface area contributed by atoms with Crippen molar-refractivity contribution in [2.24, 2.45) is 0 Å². The number of carbonyl (C=O) groups is 1. The Kier molecular flexibility index (Phi) is 6.90. The smallest absolute Gasteiger partial charge is 0.261 e. The number of benzene rings is 2. The number of thiocarbonyl (C=S) groups is 1. The number of hydrogen-bond acceptors (Lipinski definition) is 5. The lowest BCUT2D eigenvalue weighted by molar-refractivity contribution is 0.0974. The number of amides is 1. The number of methoxy groups -OCH3 is 3. The van der Waals surface area contributed by atoms with Crippen molar-refractivity contribution in [2.75, 3.05) is 26.6 Å². The summed E-state index contributed by atoms with van der Waals surface area (Å²) in [5.41, 5.74) is 0.694. The molecule has 0 aliphatic carbocycles. The van der Waals surface area contributed by atoms with Crippen LogP contribution in [0, 0.1) is 0 Å². The van der Waals surface area contributed by atoms with Crippen LogP contribution in [0.5, 0.6) is 17.2 Å². The van der Waals surface area contributed by atoms with Crippen LogP contribution < -0.4 is 24.8 Å². The molecule has 9 heteroatoms. The van der Waals surface area contributed by atoms with E-state index >= 15 is 0 Å². The van der Waals surface area contributed by atoms with Gasteiger partial charge in [0.2, 0.25) is 0 Å². The summed E-state index contributed by atoms with van der Waals surface area (Å²) < 4.78 is 15.6. The van der Waals surface area contributed by atoms with Crippen molar-refractivity contribution in [2.45, 2.75) is 0 Å². The molecule has 138 valence electrons. The third-order valence-corrected chi connectivity index (χ3v) is 4.04. The minimum atomic E-state index is -0.523. The first kappa shape index (κ1) is 20.1. The molecule has 2 rings (SSSR count). The fourth-order valence-electron chi connectivity index (χ4n) is 2.17. The standard InChI is InChI=1S/C17H16Cl2N2O4S/c1-23-10-4-5-14(24-2)13(8-10)20-17(26)21-16(22)11-6-9(18)7-12(19)15(11)25-3/h4-8H,1-3H3,(H2,20,21,22,26). The summed E-state index contributed by atoms with van der Waals surface area (Å²) in [7, 11) is 4.47. The predicted octanol–water partition coefficient (Wildman–Crippen LogP) is 4.15.